The molecule has 0 aromatic rings. The normalized spacial score (nSPS) is 45.8. The average Bonchev–Trinajstić information content (AvgIpc) is 2.76. The van der Waals surface area contributed by atoms with Crippen molar-refractivity contribution >= 4 is 0 Å². The zero-order valence-electron chi connectivity index (χ0n) is 7.22. The molecule has 1 saturated carbocycles. The maximum atomic E-state index is 5.89. The fourth-order valence-corrected chi connectivity index (χ4v) is 2.25. The molecule has 0 amide bonds. The van der Waals surface area contributed by atoms with E-state index in [1.807, 2.05) is 0 Å². The van der Waals surface area contributed by atoms with Gasteiger partial charge in [0.05, 0.1) is 0 Å². The van der Waals surface area contributed by atoms with Crippen LogP contribution in [0.4, 0.5) is 0 Å². The van der Waals surface area contributed by atoms with Crippen molar-refractivity contribution in [2.75, 3.05) is 6.54 Å². The molecule has 3 atom stereocenters. The van der Waals surface area contributed by atoms with Gasteiger partial charge in [0.1, 0.15) is 0 Å². The van der Waals surface area contributed by atoms with E-state index in [1.54, 1.807) is 0 Å². The third kappa shape index (κ3) is 1.57. The Kier molecular flexibility index (Phi) is 1.90. The summed E-state index contributed by atoms with van der Waals surface area (Å²) in [4.78, 5) is 0. The monoisotopic (exact) mass is 154 g/mol. The van der Waals surface area contributed by atoms with Crippen molar-refractivity contribution in [1.82, 2.24) is 5.32 Å². The molecule has 2 nitrogen and oxygen atoms in total. The van der Waals surface area contributed by atoms with Gasteiger partial charge >= 0.3 is 0 Å². The zero-order valence-corrected chi connectivity index (χ0v) is 7.22. The minimum absolute atomic E-state index is 0.414. The highest BCUT2D eigenvalue weighted by atomic mass is 15.0. The Balaban J connectivity index is 1.93. The summed E-state index contributed by atoms with van der Waals surface area (Å²) >= 11 is 0. The van der Waals surface area contributed by atoms with Crippen molar-refractivity contribution in [2.24, 2.45) is 17.6 Å². The van der Waals surface area contributed by atoms with Crippen molar-refractivity contribution in [3.05, 3.63) is 0 Å². The maximum absolute atomic E-state index is 5.89. The van der Waals surface area contributed by atoms with E-state index in [1.165, 1.54) is 19.3 Å². The molecule has 1 saturated heterocycles. The van der Waals surface area contributed by atoms with Crippen LogP contribution in [0.5, 0.6) is 0 Å². The molecule has 1 aliphatic heterocycles. The first-order valence-electron chi connectivity index (χ1n) is 4.76. The van der Waals surface area contributed by atoms with E-state index in [0.717, 1.165) is 18.4 Å². The van der Waals surface area contributed by atoms with Gasteiger partial charge in [0.15, 0.2) is 0 Å². The smallest absolute Gasteiger partial charge is 0.0168 e. The highest BCUT2D eigenvalue weighted by Gasteiger charge is 2.37. The lowest BCUT2D eigenvalue weighted by Gasteiger charge is -2.33. The van der Waals surface area contributed by atoms with Crippen LogP contribution in [-0.4, -0.2) is 18.6 Å². The third-order valence-electron chi connectivity index (χ3n) is 3.15. The van der Waals surface area contributed by atoms with Gasteiger partial charge in [-0.15, -0.1) is 0 Å². The van der Waals surface area contributed by atoms with Gasteiger partial charge in [0, 0.05) is 18.6 Å². The summed E-state index contributed by atoms with van der Waals surface area (Å²) in [6.45, 7) is 3.32. The number of nitrogens with one attached hydrogen (secondary N) is 1. The Hall–Kier alpha value is -0.0800. The number of piperidine rings is 1. The van der Waals surface area contributed by atoms with Crippen LogP contribution in [-0.2, 0) is 0 Å². The summed E-state index contributed by atoms with van der Waals surface area (Å²) in [5.74, 6) is 1.88. The van der Waals surface area contributed by atoms with Crippen molar-refractivity contribution in [1.29, 1.82) is 0 Å². The molecule has 3 unspecified atom stereocenters. The van der Waals surface area contributed by atoms with Crippen molar-refractivity contribution in [3.63, 3.8) is 0 Å². The summed E-state index contributed by atoms with van der Waals surface area (Å²) in [7, 11) is 0. The molecule has 2 rings (SSSR count). The van der Waals surface area contributed by atoms with Gasteiger partial charge < -0.3 is 11.1 Å². The molecule has 3 N–H and O–H groups in total. The molecule has 11 heavy (non-hydrogen) atoms. The van der Waals surface area contributed by atoms with Crippen molar-refractivity contribution in [3.8, 4) is 0 Å². The standard InChI is InChI=1S/C9H18N2/c1-6-9(7-2-3-7)4-8(10)5-11-6/h6-9,11H,2-5,10H2,1H3. The lowest BCUT2D eigenvalue weighted by Crippen LogP contribution is -2.50. The predicted molar refractivity (Wildman–Crippen MR) is 46.3 cm³/mol. The Bertz CT molecular complexity index is 142. The molecule has 1 aliphatic carbocycles. The van der Waals surface area contributed by atoms with Gasteiger partial charge in [0.25, 0.3) is 0 Å². The minimum Gasteiger partial charge on any atom is -0.327 e. The van der Waals surface area contributed by atoms with E-state index >= 15 is 0 Å². The molecule has 0 aromatic carbocycles. The minimum atomic E-state index is 0.414. The molecule has 0 bridgehead atoms. The summed E-state index contributed by atoms with van der Waals surface area (Å²) < 4.78 is 0. The second kappa shape index (κ2) is 2.76. The van der Waals surface area contributed by atoms with Crippen molar-refractivity contribution < 1.29 is 0 Å². The van der Waals surface area contributed by atoms with Crippen LogP contribution in [0.15, 0.2) is 0 Å². The van der Waals surface area contributed by atoms with Gasteiger partial charge in [-0.1, -0.05) is 0 Å². The first-order valence-corrected chi connectivity index (χ1v) is 4.76. The first-order chi connectivity index (χ1) is 5.27. The fourth-order valence-electron chi connectivity index (χ4n) is 2.25. The Morgan fingerprint density at radius 2 is 2.09 bits per heavy atom. The molecular formula is C9H18N2. The number of rotatable bonds is 1. The van der Waals surface area contributed by atoms with E-state index in [2.05, 4.69) is 12.2 Å². The number of nitrogens with two attached hydrogens (primary N) is 1. The summed E-state index contributed by atoms with van der Waals surface area (Å²) in [6, 6.07) is 1.12. The molecule has 0 radical (unpaired) electrons. The number of hydrogen-bond acceptors (Lipinski definition) is 2. The first kappa shape index (κ1) is 7.56. The van der Waals surface area contributed by atoms with Crippen LogP contribution in [0.25, 0.3) is 0 Å². The molecule has 2 fully saturated rings. The molecule has 0 spiro atoms. The predicted octanol–water partition coefficient (Wildman–Crippen LogP) is 0.722. The maximum Gasteiger partial charge on any atom is 0.0168 e. The van der Waals surface area contributed by atoms with Crippen molar-refractivity contribution in [2.45, 2.75) is 38.3 Å². The molecule has 1 heterocycles. The second-order valence-corrected chi connectivity index (χ2v) is 4.19. The Labute approximate surface area is 68.5 Å². The zero-order chi connectivity index (χ0) is 7.84. The lowest BCUT2D eigenvalue weighted by molar-refractivity contribution is 0.244. The van der Waals surface area contributed by atoms with Gasteiger partial charge in [0.2, 0.25) is 0 Å². The van der Waals surface area contributed by atoms with E-state index < -0.39 is 0 Å². The van der Waals surface area contributed by atoms with Gasteiger partial charge in [-0.3, -0.25) is 0 Å². The molecule has 0 aromatic heterocycles. The number of hydrogen-bond donors (Lipinski definition) is 2. The third-order valence-corrected chi connectivity index (χ3v) is 3.15. The van der Waals surface area contributed by atoms with Crippen LogP contribution < -0.4 is 11.1 Å². The summed E-state index contributed by atoms with van der Waals surface area (Å²) in [6.07, 6.45) is 4.14. The largest absolute Gasteiger partial charge is 0.327 e. The van der Waals surface area contributed by atoms with E-state index in [-0.39, 0.29) is 0 Å². The SMILES string of the molecule is CC1NCC(N)CC1C1CC1. The average molecular weight is 154 g/mol. The molecule has 2 aliphatic rings. The van der Waals surface area contributed by atoms with E-state index in [0.29, 0.717) is 12.1 Å². The molecule has 2 heteroatoms. The quantitative estimate of drug-likeness (QED) is 0.584. The molecular weight excluding hydrogens is 136 g/mol. The summed E-state index contributed by atoms with van der Waals surface area (Å²) in [5, 5.41) is 3.48. The van der Waals surface area contributed by atoms with Crippen LogP contribution in [0.3, 0.4) is 0 Å². The van der Waals surface area contributed by atoms with E-state index in [4.69, 9.17) is 5.73 Å². The van der Waals surface area contributed by atoms with Gasteiger partial charge in [-0.05, 0) is 38.0 Å². The Morgan fingerprint density at radius 1 is 1.36 bits per heavy atom. The lowest BCUT2D eigenvalue weighted by atomic mass is 9.86. The van der Waals surface area contributed by atoms with Gasteiger partial charge in [-0.2, -0.15) is 0 Å². The summed E-state index contributed by atoms with van der Waals surface area (Å²) in [5.41, 5.74) is 5.89. The highest BCUT2D eigenvalue weighted by Crippen LogP contribution is 2.41. The van der Waals surface area contributed by atoms with Crippen LogP contribution in [0.1, 0.15) is 26.2 Å². The molecule has 64 valence electrons. The Morgan fingerprint density at radius 3 is 2.73 bits per heavy atom. The van der Waals surface area contributed by atoms with Crippen LogP contribution in [0.2, 0.25) is 0 Å². The van der Waals surface area contributed by atoms with Gasteiger partial charge in [-0.25, -0.2) is 0 Å². The topological polar surface area (TPSA) is 38.0 Å². The van der Waals surface area contributed by atoms with Crippen LogP contribution in [0, 0.1) is 11.8 Å². The highest BCUT2D eigenvalue weighted by molar-refractivity contribution is 4.93. The fraction of sp³-hybridized carbons (Fsp3) is 1.00. The van der Waals surface area contributed by atoms with Crippen LogP contribution >= 0.6 is 0 Å². The van der Waals surface area contributed by atoms with E-state index in [9.17, 15) is 0 Å². The second-order valence-electron chi connectivity index (χ2n) is 4.19.